The number of hydrogen-bond donors (Lipinski definition) is 0. The van der Waals surface area contributed by atoms with Crippen LogP contribution in [0.2, 0.25) is 0 Å². The van der Waals surface area contributed by atoms with Crippen molar-refractivity contribution in [2.45, 2.75) is 6.42 Å². The molecule has 0 spiro atoms. The molecular formula is C10H18N2O2. The Morgan fingerprint density at radius 1 is 1.29 bits per heavy atom. The third-order valence-electron chi connectivity index (χ3n) is 3.03. The Bertz CT molecular complexity index is 208. The maximum Gasteiger partial charge on any atom is 0.223 e. The summed E-state index contributed by atoms with van der Waals surface area (Å²) in [7, 11) is 2.10. The molecule has 4 heteroatoms. The van der Waals surface area contributed by atoms with Crippen LogP contribution in [0.5, 0.6) is 0 Å². The molecule has 4 nitrogen and oxygen atoms in total. The van der Waals surface area contributed by atoms with Crippen molar-refractivity contribution in [1.29, 1.82) is 0 Å². The molecule has 2 saturated heterocycles. The maximum absolute atomic E-state index is 11.8. The highest BCUT2D eigenvalue weighted by Gasteiger charge is 2.25. The molecule has 2 rings (SSSR count). The first kappa shape index (κ1) is 9.93. The van der Waals surface area contributed by atoms with Crippen molar-refractivity contribution in [3.8, 4) is 0 Å². The van der Waals surface area contributed by atoms with Crippen molar-refractivity contribution in [3.63, 3.8) is 0 Å². The summed E-state index contributed by atoms with van der Waals surface area (Å²) >= 11 is 0. The van der Waals surface area contributed by atoms with Crippen LogP contribution in [0, 0.1) is 5.92 Å². The van der Waals surface area contributed by atoms with E-state index in [1.54, 1.807) is 0 Å². The Balaban J connectivity index is 1.74. The lowest BCUT2D eigenvalue weighted by molar-refractivity contribution is -0.138. The summed E-state index contributed by atoms with van der Waals surface area (Å²) in [6.45, 7) is 5.35. The van der Waals surface area contributed by atoms with Crippen LogP contribution in [0.25, 0.3) is 0 Å². The molecule has 0 bridgehead atoms. The van der Waals surface area contributed by atoms with Crippen LogP contribution in [-0.4, -0.2) is 62.1 Å². The van der Waals surface area contributed by atoms with Gasteiger partial charge in [-0.05, 0) is 7.05 Å². The zero-order valence-electron chi connectivity index (χ0n) is 8.74. The molecule has 14 heavy (non-hydrogen) atoms. The van der Waals surface area contributed by atoms with Crippen molar-refractivity contribution in [3.05, 3.63) is 0 Å². The van der Waals surface area contributed by atoms with E-state index < -0.39 is 0 Å². The molecule has 0 aromatic heterocycles. The van der Waals surface area contributed by atoms with Gasteiger partial charge in [-0.25, -0.2) is 0 Å². The molecule has 2 aliphatic heterocycles. The SMILES string of the molecule is CN1CCN(C(=O)CC2COC2)CC1. The minimum absolute atomic E-state index is 0.311. The number of carbonyl (C=O) groups is 1. The van der Waals surface area contributed by atoms with Gasteiger partial charge < -0.3 is 14.5 Å². The Hall–Kier alpha value is -0.610. The maximum atomic E-state index is 11.8. The van der Waals surface area contributed by atoms with Gasteiger partial charge in [0.2, 0.25) is 5.91 Å². The summed E-state index contributed by atoms with van der Waals surface area (Å²) < 4.78 is 5.06. The van der Waals surface area contributed by atoms with Gasteiger partial charge in [-0.3, -0.25) is 4.79 Å². The third-order valence-corrected chi connectivity index (χ3v) is 3.03. The van der Waals surface area contributed by atoms with Gasteiger partial charge in [-0.2, -0.15) is 0 Å². The Morgan fingerprint density at radius 3 is 2.43 bits per heavy atom. The monoisotopic (exact) mass is 198 g/mol. The molecule has 2 aliphatic rings. The van der Waals surface area contributed by atoms with Crippen LogP contribution in [0.3, 0.4) is 0 Å². The number of carbonyl (C=O) groups excluding carboxylic acids is 1. The second-order valence-electron chi connectivity index (χ2n) is 4.29. The molecule has 0 N–H and O–H groups in total. The average molecular weight is 198 g/mol. The number of amides is 1. The zero-order chi connectivity index (χ0) is 9.97. The molecule has 2 fully saturated rings. The van der Waals surface area contributed by atoms with Crippen LogP contribution in [-0.2, 0) is 9.53 Å². The zero-order valence-corrected chi connectivity index (χ0v) is 8.74. The van der Waals surface area contributed by atoms with Gasteiger partial charge in [0, 0.05) is 38.5 Å². The highest BCUT2D eigenvalue weighted by Crippen LogP contribution is 2.16. The lowest BCUT2D eigenvalue weighted by Gasteiger charge is -2.34. The van der Waals surface area contributed by atoms with E-state index in [4.69, 9.17) is 4.74 Å². The molecule has 0 aromatic rings. The van der Waals surface area contributed by atoms with Crippen LogP contribution in [0.4, 0.5) is 0 Å². The highest BCUT2D eigenvalue weighted by molar-refractivity contribution is 5.76. The summed E-state index contributed by atoms with van der Waals surface area (Å²) in [6.07, 6.45) is 0.684. The molecule has 2 heterocycles. The van der Waals surface area contributed by atoms with Gasteiger partial charge >= 0.3 is 0 Å². The first-order valence-electron chi connectivity index (χ1n) is 5.30. The molecule has 0 atom stereocenters. The summed E-state index contributed by atoms with van der Waals surface area (Å²) in [5.74, 6) is 0.800. The predicted molar refractivity (Wildman–Crippen MR) is 53.0 cm³/mol. The van der Waals surface area contributed by atoms with E-state index in [1.165, 1.54) is 0 Å². The number of nitrogens with zero attached hydrogens (tertiary/aromatic N) is 2. The second kappa shape index (κ2) is 4.28. The average Bonchev–Trinajstić information content (AvgIpc) is 2.12. The van der Waals surface area contributed by atoms with Crippen molar-refractivity contribution < 1.29 is 9.53 Å². The van der Waals surface area contributed by atoms with E-state index in [0.717, 1.165) is 39.4 Å². The summed E-state index contributed by atoms with van der Waals surface area (Å²) in [5.41, 5.74) is 0. The Kier molecular flexibility index (Phi) is 3.03. The highest BCUT2D eigenvalue weighted by atomic mass is 16.5. The molecule has 0 saturated carbocycles. The van der Waals surface area contributed by atoms with E-state index in [-0.39, 0.29) is 0 Å². The first-order chi connectivity index (χ1) is 6.75. The fourth-order valence-corrected chi connectivity index (χ4v) is 1.83. The molecule has 0 radical (unpaired) electrons. The molecular weight excluding hydrogens is 180 g/mol. The van der Waals surface area contributed by atoms with Crippen molar-refractivity contribution in [2.24, 2.45) is 5.92 Å². The van der Waals surface area contributed by atoms with Gasteiger partial charge in [-0.15, -0.1) is 0 Å². The van der Waals surface area contributed by atoms with Crippen LogP contribution in [0.1, 0.15) is 6.42 Å². The molecule has 80 valence electrons. The number of hydrogen-bond acceptors (Lipinski definition) is 3. The normalized spacial score (nSPS) is 24.8. The summed E-state index contributed by atoms with van der Waals surface area (Å²) in [5, 5.41) is 0. The fourth-order valence-electron chi connectivity index (χ4n) is 1.83. The van der Waals surface area contributed by atoms with Crippen LogP contribution in [0.15, 0.2) is 0 Å². The number of piperazine rings is 1. The van der Waals surface area contributed by atoms with Gasteiger partial charge in [0.05, 0.1) is 13.2 Å². The standard InChI is InChI=1S/C10H18N2O2/c1-11-2-4-12(5-3-11)10(13)6-9-7-14-8-9/h9H,2-8H2,1H3. The van der Waals surface area contributed by atoms with Crippen LogP contribution >= 0.6 is 0 Å². The Labute approximate surface area is 84.8 Å². The number of rotatable bonds is 2. The van der Waals surface area contributed by atoms with E-state index in [9.17, 15) is 4.79 Å². The topological polar surface area (TPSA) is 32.8 Å². The number of likely N-dealkylation sites (N-methyl/N-ethyl adjacent to an activating group) is 1. The fraction of sp³-hybridized carbons (Fsp3) is 0.900. The van der Waals surface area contributed by atoms with E-state index in [0.29, 0.717) is 18.2 Å². The molecule has 0 unspecified atom stereocenters. The van der Waals surface area contributed by atoms with E-state index >= 15 is 0 Å². The third kappa shape index (κ3) is 2.25. The van der Waals surface area contributed by atoms with Gasteiger partial charge in [0.25, 0.3) is 0 Å². The van der Waals surface area contributed by atoms with Gasteiger partial charge in [0.15, 0.2) is 0 Å². The van der Waals surface area contributed by atoms with Crippen molar-refractivity contribution >= 4 is 5.91 Å². The minimum atomic E-state index is 0.311. The van der Waals surface area contributed by atoms with Crippen molar-refractivity contribution in [2.75, 3.05) is 46.4 Å². The van der Waals surface area contributed by atoms with Crippen molar-refractivity contribution in [1.82, 2.24) is 9.80 Å². The lowest BCUT2D eigenvalue weighted by Crippen LogP contribution is -2.48. The lowest BCUT2D eigenvalue weighted by atomic mass is 10.0. The second-order valence-corrected chi connectivity index (χ2v) is 4.29. The summed E-state index contributed by atoms with van der Waals surface area (Å²) in [6, 6.07) is 0. The molecule has 1 amide bonds. The largest absolute Gasteiger partial charge is 0.381 e. The quantitative estimate of drug-likeness (QED) is 0.616. The number of ether oxygens (including phenoxy) is 1. The van der Waals surface area contributed by atoms with Gasteiger partial charge in [0.1, 0.15) is 0 Å². The van der Waals surface area contributed by atoms with E-state index in [2.05, 4.69) is 11.9 Å². The van der Waals surface area contributed by atoms with Gasteiger partial charge in [-0.1, -0.05) is 0 Å². The van der Waals surface area contributed by atoms with E-state index in [1.807, 2.05) is 4.90 Å². The molecule has 0 aliphatic carbocycles. The smallest absolute Gasteiger partial charge is 0.223 e. The summed E-state index contributed by atoms with van der Waals surface area (Å²) in [4.78, 5) is 16.0. The Morgan fingerprint density at radius 2 is 1.93 bits per heavy atom. The predicted octanol–water partition coefficient (Wildman–Crippen LogP) is -0.203. The molecule has 0 aromatic carbocycles. The minimum Gasteiger partial charge on any atom is -0.381 e. The first-order valence-corrected chi connectivity index (χ1v) is 5.30. The van der Waals surface area contributed by atoms with Crippen LogP contribution < -0.4 is 0 Å².